The zero-order chi connectivity index (χ0) is 11.5. The van der Waals surface area contributed by atoms with Crippen LogP contribution in [0.2, 0.25) is 0 Å². The van der Waals surface area contributed by atoms with Crippen LogP contribution in [0.25, 0.3) is 11.1 Å². The molecule has 0 N–H and O–H groups in total. The summed E-state index contributed by atoms with van der Waals surface area (Å²) < 4.78 is 18.7. The highest BCUT2D eigenvalue weighted by Gasteiger charge is 2.07. The minimum atomic E-state index is -0.198. The van der Waals surface area contributed by atoms with E-state index in [2.05, 4.69) is 0 Å². The number of halogens is 1. The van der Waals surface area contributed by atoms with Gasteiger partial charge in [-0.1, -0.05) is 24.3 Å². The summed E-state index contributed by atoms with van der Waals surface area (Å²) in [7, 11) is 1.62. The molecule has 0 aliphatic rings. The molecule has 0 amide bonds. The topological polar surface area (TPSA) is 9.23 Å². The Balaban J connectivity index is 2.53. The summed E-state index contributed by atoms with van der Waals surface area (Å²) >= 11 is 0. The maximum absolute atomic E-state index is 13.6. The Morgan fingerprint density at radius 1 is 1.00 bits per heavy atom. The van der Waals surface area contributed by atoms with E-state index < -0.39 is 0 Å². The number of hydrogen-bond acceptors (Lipinski definition) is 1. The average molecular weight is 216 g/mol. The zero-order valence-electron chi connectivity index (χ0n) is 9.33. The molecule has 0 fully saturated rings. The summed E-state index contributed by atoms with van der Waals surface area (Å²) in [5.41, 5.74) is 2.53. The summed E-state index contributed by atoms with van der Waals surface area (Å²) in [5, 5.41) is 0. The predicted octanol–water partition coefficient (Wildman–Crippen LogP) is 3.81. The third kappa shape index (κ3) is 1.91. The monoisotopic (exact) mass is 216 g/mol. The second-order valence-corrected chi connectivity index (χ2v) is 3.66. The Bertz CT molecular complexity index is 506. The molecule has 0 saturated heterocycles. The van der Waals surface area contributed by atoms with Gasteiger partial charge in [-0.2, -0.15) is 0 Å². The molecular formula is C14H13FO. The normalized spacial score (nSPS) is 10.2. The van der Waals surface area contributed by atoms with E-state index in [1.165, 1.54) is 6.07 Å². The van der Waals surface area contributed by atoms with E-state index in [1.54, 1.807) is 19.2 Å². The molecule has 0 atom stereocenters. The van der Waals surface area contributed by atoms with Crippen molar-refractivity contribution < 1.29 is 9.13 Å². The van der Waals surface area contributed by atoms with Gasteiger partial charge in [0.25, 0.3) is 0 Å². The molecule has 0 aliphatic heterocycles. The van der Waals surface area contributed by atoms with Crippen molar-refractivity contribution in [3.63, 3.8) is 0 Å². The lowest BCUT2D eigenvalue weighted by Gasteiger charge is -2.08. The van der Waals surface area contributed by atoms with Gasteiger partial charge in [0.05, 0.1) is 7.11 Å². The first kappa shape index (κ1) is 10.7. The van der Waals surface area contributed by atoms with Crippen LogP contribution in [-0.2, 0) is 0 Å². The van der Waals surface area contributed by atoms with Gasteiger partial charge >= 0.3 is 0 Å². The Labute approximate surface area is 94.5 Å². The summed E-state index contributed by atoms with van der Waals surface area (Å²) in [4.78, 5) is 0. The summed E-state index contributed by atoms with van der Waals surface area (Å²) in [5.74, 6) is 0.591. The van der Waals surface area contributed by atoms with Crippen molar-refractivity contribution in [2.24, 2.45) is 0 Å². The van der Waals surface area contributed by atoms with Crippen LogP contribution >= 0.6 is 0 Å². The van der Waals surface area contributed by atoms with Gasteiger partial charge in [-0.05, 0) is 36.2 Å². The number of ether oxygens (including phenoxy) is 1. The van der Waals surface area contributed by atoms with Gasteiger partial charge in [-0.3, -0.25) is 0 Å². The lowest BCUT2D eigenvalue weighted by molar-refractivity contribution is 0.414. The minimum Gasteiger partial charge on any atom is -0.497 e. The third-order valence-electron chi connectivity index (χ3n) is 2.60. The number of methoxy groups -OCH3 is 1. The molecule has 2 heteroatoms. The Hall–Kier alpha value is -1.83. The van der Waals surface area contributed by atoms with Crippen molar-refractivity contribution in [3.05, 3.63) is 53.8 Å². The van der Waals surface area contributed by atoms with Crippen molar-refractivity contribution in [1.29, 1.82) is 0 Å². The van der Waals surface area contributed by atoms with Crippen LogP contribution in [0, 0.1) is 12.7 Å². The van der Waals surface area contributed by atoms with Crippen molar-refractivity contribution >= 4 is 0 Å². The molecule has 0 heterocycles. The SMILES string of the molecule is COc1ccc(-c2ccccc2F)c(C)c1. The number of aryl methyl sites for hydroxylation is 1. The molecule has 1 nitrogen and oxygen atoms in total. The molecule has 0 spiro atoms. The molecule has 0 unspecified atom stereocenters. The lowest BCUT2D eigenvalue weighted by atomic mass is 10.00. The minimum absolute atomic E-state index is 0.198. The average Bonchev–Trinajstić information content (AvgIpc) is 2.30. The molecule has 16 heavy (non-hydrogen) atoms. The maximum atomic E-state index is 13.6. The smallest absolute Gasteiger partial charge is 0.131 e. The van der Waals surface area contributed by atoms with Crippen LogP contribution in [0.5, 0.6) is 5.75 Å². The molecule has 0 bridgehead atoms. The van der Waals surface area contributed by atoms with E-state index in [4.69, 9.17) is 4.74 Å². The summed E-state index contributed by atoms with van der Waals surface area (Å²) in [6.45, 7) is 1.95. The second-order valence-electron chi connectivity index (χ2n) is 3.66. The molecule has 2 aromatic rings. The Morgan fingerprint density at radius 3 is 2.38 bits per heavy atom. The second kappa shape index (κ2) is 4.35. The quantitative estimate of drug-likeness (QED) is 0.741. The molecule has 2 rings (SSSR count). The van der Waals surface area contributed by atoms with E-state index in [0.29, 0.717) is 5.56 Å². The first-order valence-corrected chi connectivity index (χ1v) is 5.12. The standard InChI is InChI=1S/C14H13FO/c1-10-9-11(16-2)7-8-12(10)13-5-3-4-6-14(13)15/h3-9H,1-2H3. The van der Waals surface area contributed by atoms with E-state index in [-0.39, 0.29) is 5.82 Å². The third-order valence-corrected chi connectivity index (χ3v) is 2.60. The number of benzene rings is 2. The maximum Gasteiger partial charge on any atom is 0.131 e. The highest BCUT2D eigenvalue weighted by Crippen LogP contribution is 2.28. The molecule has 0 aromatic heterocycles. The molecular weight excluding hydrogens is 203 g/mol. The largest absolute Gasteiger partial charge is 0.497 e. The summed E-state index contributed by atoms with van der Waals surface area (Å²) in [6, 6.07) is 12.4. The molecule has 0 radical (unpaired) electrons. The van der Waals surface area contributed by atoms with Gasteiger partial charge < -0.3 is 4.74 Å². The summed E-state index contributed by atoms with van der Waals surface area (Å²) in [6.07, 6.45) is 0. The van der Waals surface area contributed by atoms with Crippen LogP contribution in [0.4, 0.5) is 4.39 Å². The first-order chi connectivity index (χ1) is 7.72. The molecule has 0 saturated carbocycles. The fourth-order valence-electron chi connectivity index (χ4n) is 1.74. The van der Waals surface area contributed by atoms with Crippen molar-refractivity contribution in [3.8, 4) is 16.9 Å². The first-order valence-electron chi connectivity index (χ1n) is 5.12. The molecule has 82 valence electrons. The van der Waals surface area contributed by atoms with Gasteiger partial charge in [0.2, 0.25) is 0 Å². The van der Waals surface area contributed by atoms with Gasteiger partial charge in [-0.25, -0.2) is 4.39 Å². The van der Waals surface area contributed by atoms with E-state index in [1.807, 2.05) is 31.2 Å². The Kier molecular flexibility index (Phi) is 2.91. The van der Waals surface area contributed by atoms with Gasteiger partial charge in [0.1, 0.15) is 11.6 Å². The number of rotatable bonds is 2. The van der Waals surface area contributed by atoms with E-state index in [0.717, 1.165) is 16.9 Å². The van der Waals surface area contributed by atoms with E-state index in [9.17, 15) is 4.39 Å². The van der Waals surface area contributed by atoms with Gasteiger partial charge in [0, 0.05) is 5.56 Å². The fraction of sp³-hybridized carbons (Fsp3) is 0.143. The van der Waals surface area contributed by atoms with Crippen molar-refractivity contribution in [1.82, 2.24) is 0 Å². The van der Waals surface area contributed by atoms with Crippen molar-refractivity contribution in [2.75, 3.05) is 7.11 Å². The van der Waals surface area contributed by atoms with Crippen LogP contribution in [-0.4, -0.2) is 7.11 Å². The van der Waals surface area contributed by atoms with Crippen LogP contribution < -0.4 is 4.74 Å². The molecule has 2 aromatic carbocycles. The van der Waals surface area contributed by atoms with Crippen LogP contribution in [0.3, 0.4) is 0 Å². The molecule has 0 aliphatic carbocycles. The lowest BCUT2D eigenvalue weighted by Crippen LogP contribution is -1.89. The predicted molar refractivity (Wildman–Crippen MR) is 63.1 cm³/mol. The Morgan fingerprint density at radius 2 is 1.75 bits per heavy atom. The van der Waals surface area contributed by atoms with Gasteiger partial charge in [-0.15, -0.1) is 0 Å². The zero-order valence-corrected chi connectivity index (χ0v) is 9.33. The number of hydrogen-bond donors (Lipinski definition) is 0. The van der Waals surface area contributed by atoms with Gasteiger partial charge in [0.15, 0.2) is 0 Å². The highest BCUT2D eigenvalue weighted by atomic mass is 19.1. The fourth-order valence-corrected chi connectivity index (χ4v) is 1.74. The van der Waals surface area contributed by atoms with E-state index >= 15 is 0 Å². The van der Waals surface area contributed by atoms with Crippen LogP contribution in [0.15, 0.2) is 42.5 Å². The van der Waals surface area contributed by atoms with Crippen LogP contribution in [0.1, 0.15) is 5.56 Å². The van der Waals surface area contributed by atoms with Crippen molar-refractivity contribution in [2.45, 2.75) is 6.92 Å². The highest BCUT2D eigenvalue weighted by molar-refractivity contribution is 5.68.